The first-order chi connectivity index (χ1) is 9.55. The molecule has 0 radical (unpaired) electrons. The van der Waals surface area contributed by atoms with Gasteiger partial charge in [-0.2, -0.15) is 0 Å². The predicted octanol–water partition coefficient (Wildman–Crippen LogP) is 2.30. The van der Waals surface area contributed by atoms with Crippen LogP contribution in [0.25, 0.3) is 0 Å². The fourth-order valence-corrected chi connectivity index (χ4v) is 2.87. The molecule has 1 saturated carbocycles. The molecular formula is C15H27NO4. The van der Waals surface area contributed by atoms with E-state index in [1.54, 1.807) is 4.90 Å². The van der Waals surface area contributed by atoms with Gasteiger partial charge in [0.25, 0.3) is 0 Å². The van der Waals surface area contributed by atoms with Gasteiger partial charge in [0.05, 0.1) is 12.0 Å². The number of carbonyl (C=O) groups excluding carboxylic acids is 1. The van der Waals surface area contributed by atoms with E-state index >= 15 is 0 Å². The van der Waals surface area contributed by atoms with E-state index < -0.39 is 11.4 Å². The minimum atomic E-state index is -0.839. The number of nitrogens with zero attached hydrogens (tertiary/aromatic N) is 1. The van der Waals surface area contributed by atoms with Gasteiger partial charge < -0.3 is 14.7 Å². The van der Waals surface area contributed by atoms with Gasteiger partial charge in [0, 0.05) is 26.1 Å². The Bertz CT molecular complexity index is 324. The summed E-state index contributed by atoms with van der Waals surface area (Å²) in [6, 6.07) is 0. The maximum Gasteiger partial charge on any atom is 0.310 e. The summed E-state index contributed by atoms with van der Waals surface area (Å²) in [7, 11) is 0. The minimum absolute atomic E-state index is 0.0588. The van der Waals surface area contributed by atoms with E-state index in [0.29, 0.717) is 39.1 Å². The van der Waals surface area contributed by atoms with Crippen molar-refractivity contribution in [2.45, 2.75) is 52.4 Å². The first-order valence-electron chi connectivity index (χ1n) is 7.64. The standard InChI is InChI=1S/C15H27NO4/c1-3-16(10-11-20-4-2)13(17)12-15(14(18)19)8-6-5-7-9-15/h3-12H2,1-2H3,(H,18,19). The van der Waals surface area contributed by atoms with Crippen LogP contribution < -0.4 is 0 Å². The average Bonchev–Trinajstić information content (AvgIpc) is 2.44. The lowest BCUT2D eigenvalue weighted by Crippen LogP contribution is -2.42. The molecule has 0 aromatic heterocycles. The fourth-order valence-electron chi connectivity index (χ4n) is 2.87. The first-order valence-corrected chi connectivity index (χ1v) is 7.64. The molecule has 0 spiro atoms. The molecule has 1 fully saturated rings. The molecule has 0 unspecified atom stereocenters. The number of carbonyl (C=O) groups is 2. The summed E-state index contributed by atoms with van der Waals surface area (Å²) >= 11 is 0. The van der Waals surface area contributed by atoms with Crippen LogP contribution in [-0.2, 0) is 14.3 Å². The van der Waals surface area contributed by atoms with Crippen LogP contribution in [0.3, 0.4) is 0 Å². The monoisotopic (exact) mass is 285 g/mol. The van der Waals surface area contributed by atoms with E-state index in [2.05, 4.69) is 0 Å². The highest BCUT2D eigenvalue weighted by atomic mass is 16.5. The molecule has 0 bridgehead atoms. The van der Waals surface area contributed by atoms with E-state index in [4.69, 9.17) is 4.74 Å². The zero-order chi connectivity index (χ0) is 15.0. The largest absolute Gasteiger partial charge is 0.481 e. The van der Waals surface area contributed by atoms with Gasteiger partial charge in [0.2, 0.25) is 5.91 Å². The molecule has 1 aliphatic carbocycles. The SMILES string of the molecule is CCOCCN(CC)C(=O)CC1(C(=O)O)CCCCC1. The van der Waals surface area contributed by atoms with Crippen molar-refractivity contribution >= 4 is 11.9 Å². The molecule has 1 N–H and O–H groups in total. The minimum Gasteiger partial charge on any atom is -0.481 e. The van der Waals surface area contributed by atoms with Crippen molar-refractivity contribution in [3.05, 3.63) is 0 Å². The van der Waals surface area contributed by atoms with Crippen LogP contribution in [0.5, 0.6) is 0 Å². The number of amides is 1. The van der Waals surface area contributed by atoms with Crippen molar-refractivity contribution in [2.75, 3.05) is 26.3 Å². The summed E-state index contributed by atoms with van der Waals surface area (Å²) in [5.74, 6) is -0.872. The Kier molecular flexibility index (Phi) is 6.99. The van der Waals surface area contributed by atoms with Crippen LogP contribution in [0.1, 0.15) is 52.4 Å². The molecule has 1 amide bonds. The van der Waals surface area contributed by atoms with Crippen molar-refractivity contribution in [3.8, 4) is 0 Å². The molecule has 20 heavy (non-hydrogen) atoms. The number of ether oxygens (including phenoxy) is 1. The fraction of sp³-hybridized carbons (Fsp3) is 0.867. The van der Waals surface area contributed by atoms with Crippen LogP contribution in [0.15, 0.2) is 0 Å². The lowest BCUT2D eigenvalue weighted by atomic mass is 9.71. The summed E-state index contributed by atoms with van der Waals surface area (Å²) in [6.07, 6.45) is 4.26. The Balaban J connectivity index is 2.62. The third-order valence-electron chi connectivity index (χ3n) is 4.20. The lowest BCUT2D eigenvalue weighted by molar-refractivity contribution is -0.156. The van der Waals surface area contributed by atoms with Crippen molar-refractivity contribution in [3.63, 3.8) is 0 Å². The maximum absolute atomic E-state index is 12.4. The van der Waals surface area contributed by atoms with Gasteiger partial charge in [-0.25, -0.2) is 0 Å². The van der Waals surface area contributed by atoms with Gasteiger partial charge in [-0.1, -0.05) is 19.3 Å². The van der Waals surface area contributed by atoms with E-state index in [1.807, 2.05) is 13.8 Å². The van der Waals surface area contributed by atoms with Crippen molar-refractivity contribution in [2.24, 2.45) is 5.41 Å². The van der Waals surface area contributed by atoms with Gasteiger partial charge in [-0.05, 0) is 26.7 Å². The molecule has 0 atom stereocenters. The van der Waals surface area contributed by atoms with E-state index in [9.17, 15) is 14.7 Å². The first kappa shape index (κ1) is 17.0. The molecule has 5 heteroatoms. The van der Waals surface area contributed by atoms with Crippen molar-refractivity contribution in [1.29, 1.82) is 0 Å². The molecular weight excluding hydrogens is 258 g/mol. The molecule has 1 rings (SSSR count). The molecule has 0 aliphatic heterocycles. The number of hydrogen-bond donors (Lipinski definition) is 1. The zero-order valence-electron chi connectivity index (χ0n) is 12.7. The van der Waals surface area contributed by atoms with Gasteiger partial charge in [0.1, 0.15) is 0 Å². The topological polar surface area (TPSA) is 66.8 Å². The predicted molar refractivity (Wildman–Crippen MR) is 76.5 cm³/mol. The van der Waals surface area contributed by atoms with Crippen LogP contribution in [-0.4, -0.2) is 48.2 Å². The smallest absolute Gasteiger partial charge is 0.310 e. The second-order valence-electron chi connectivity index (χ2n) is 5.49. The van der Waals surface area contributed by atoms with Gasteiger partial charge in [-0.3, -0.25) is 9.59 Å². The number of likely N-dealkylation sites (N-methyl/N-ethyl adjacent to an activating group) is 1. The second kappa shape index (κ2) is 8.25. The van der Waals surface area contributed by atoms with Crippen LogP contribution >= 0.6 is 0 Å². The molecule has 0 heterocycles. The highest BCUT2D eigenvalue weighted by molar-refractivity contribution is 5.85. The Labute approximate surface area is 121 Å². The third-order valence-corrected chi connectivity index (χ3v) is 4.20. The van der Waals surface area contributed by atoms with Crippen LogP contribution in [0.2, 0.25) is 0 Å². The Hall–Kier alpha value is -1.10. The number of aliphatic carboxylic acids is 1. The normalized spacial score (nSPS) is 17.7. The highest BCUT2D eigenvalue weighted by Gasteiger charge is 2.42. The number of carboxylic acid groups (broad SMARTS) is 1. The summed E-state index contributed by atoms with van der Waals surface area (Å²) in [5.41, 5.74) is -0.839. The Morgan fingerprint density at radius 3 is 2.35 bits per heavy atom. The summed E-state index contributed by atoms with van der Waals surface area (Å²) < 4.78 is 5.27. The highest BCUT2D eigenvalue weighted by Crippen LogP contribution is 2.40. The quantitative estimate of drug-likeness (QED) is 0.695. The van der Waals surface area contributed by atoms with Gasteiger partial charge in [0.15, 0.2) is 0 Å². The summed E-state index contributed by atoms with van der Waals surface area (Å²) in [6.45, 7) is 6.11. The molecule has 116 valence electrons. The van der Waals surface area contributed by atoms with Crippen molar-refractivity contribution < 1.29 is 19.4 Å². The van der Waals surface area contributed by atoms with E-state index in [0.717, 1.165) is 19.3 Å². The van der Waals surface area contributed by atoms with Gasteiger partial charge in [-0.15, -0.1) is 0 Å². The van der Waals surface area contributed by atoms with Crippen molar-refractivity contribution in [1.82, 2.24) is 4.90 Å². The summed E-state index contributed by atoms with van der Waals surface area (Å²) in [5, 5.41) is 9.51. The number of hydrogen-bond acceptors (Lipinski definition) is 3. The molecule has 0 aromatic rings. The Morgan fingerprint density at radius 2 is 1.85 bits per heavy atom. The molecule has 0 saturated heterocycles. The second-order valence-corrected chi connectivity index (χ2v) is 5.49. The zero-order valence-corrected chi connectivity index (χ0v) is 12.7. The van der Waals surface area contributed by atoms with Crippen LogP contribution in [0, 0.1) is 5.41 Å². The average molecular weight is 285 g/mol. The lowest BCUT2D eigenvalue weighted by Gasteiger charge is -2.34. The van der Waals surface area contributed by atoms with E-state index in [1.165, 1.54) is 0 Å². The third kappa shape index (κ3) is 4.47. The van der Waals surface area contributed by atoms with Crippen LogP contribution in [0.4, 0.5) is 0 Å². The van der Waals surface area contributed by atoms with Gasteiger partial charge >= 0.3 is 5.97 Å². The van der Waals surface area contributed by atoms with E-state index in [-0.39, 0.29) is 12.3 Å². The summed E-state index contributed by atoms with van der Waals surface area (Å²) in [4.78, 5) is 25.6. The molecule has 0 aromatic carbocycles. The number of carboxylic acids is 1. The molecule has 1 aliphatic rings. The maximum atomic E-state index is 12.4. The molecule has 5 nitrogen and oxygen atoms in total. The Morgan fingerprint density at radius 1 is 1.20 bits per heavy atom. The number of rotatable bonds is 8.